The quantitative estimate of drug-likeness (QED) is 0.423. The minimum atomic E-state index is -0.606. The summed E-state index contributed by atoms with van der Waals surface area (Å²) in [6, 6.07) is 5.87. The predicted octanol–water partition coefficient (Wildman–Crippen LogP) is 2.25. The first-order valence-corrected chi connectivity index (χ1v) is 6.98. The Kier molecular flexibility index (Phi) is 5.03. The molecule has 0 heterocycles. The van der Waals surface area contributed by atoms with E-state index >= 15 is 0 Å². The summed E-state index contributed by atoms with van der Waals surface area (Å²) in [6.07, 6.45) is -0.0749. The molecule has 7 nitrogen and oxygen atoms in total. The van der Waals surface area contributed by atoms with Crippen molar-refractivity contribution in [2.45, 2.75) is 6.42 Å². The van der Waals surface area contributed by atoms with Gasteiger partial charge in [-0.2, -0.15) is 0 Å². The topological polar surface area (TPSA) is 105 Å². The van der Waals surface area contributed by atoms with Crippen molar-refractivity contribution in [3.8, 4) is 34.5 Å². The van der Waals surface area contributed by atoms with Crippen molar-refractivity contribution < 1.29 is 34.3 Å². The van der Waals surface area contributed by atoms with Crippen molar-refractivity contribution in [3.63, 3.8) is 0 Å². The zero-order valence-electron chi connectivity index (χ0n) is 13.5. The van der Waals surface area contributed by atoms with Gasteiger partial charge in [0.15, 0.2) is 28.8 Å². The summed E-state index contributed by atoms with van der Waals surface area (Å²) in [5.74, 6) is -1.45. The van der Waals surface area contributed by atoms with Gasteiger partial charge in [0.1, 0.15) is 11.3 Å². The third-order valence-electron chi connectivity index (χ3n) is 3.51. The van der Waals surface area contributed by atoms with Crippen molar-refractivity contribution in [2.24, 2.45) is 0 Å². The molecule has 0 aliphatic heterocycles. The molecule has 0 atom stereocenters. The summed E-state index contributed by atoms with van der Waals surface area (Å²) in [5, 5.41) is 29.2. The molecule has 0 aliphatic rings. The number of benzene rings is 2. The minimum absolute atomic E-state index is 0.0749. The number of hydrogen-bond acceptors (Lipinski definition) is 7. The number of phenolic OH excluding ortho intramolecular Hbond substituents is 3. The molecule has 0 aliphatic carbocycles. The highest BCUT2D eigenvalue weighted by Crippen LogP contribution is 2.43. The number of methoxy groups -OCH3 is 3. The molecule has 128 valence electrons. The maximum absolute atomic E-state index is 12.5. The van der Waals surface area contributed by atoms with Crippen LogP contribution >= 0.6 is 0 Å². The van der Waals surface area contributed by atoms with Crippen molar-refractivity contribution >= 4 is 5.78 Å². The average molecular weight is 334 g/mol. The molecule has 0 amide bonds. The van der Waals surface area contributed by atoms with Gasteiger partial charge in [0, 0.05) is 12.5 Å². The highest BCUT2D eigenvalue weighted by molar-refractivity contribution is 6.03. The molecule has 2 aromatic carbocycles. The van der Waals surface area contributed by atoms with E-state index in [4.69, 9.17) is 14.2 Å². The molecule has 0 saturated heterocycles. The minimum Gasteiger partial charge on any atom is -0.507 e. The average Bonchev–Trinajstić information content (AvgIpc) is 2.57. The van der Waals surface area contributed by atoms with Crippen LogP contribution in [0.1, 0.15) is 15.9 Å². The molecule has 0 saturated carbocycles. The number of hydrogen-bond donors (Lipinski definition) is 3. The van der Waals surface area contributed by atoms with Gasteiger partial charge in [-0.05, 0) is 17.7 Å². The van der Waals surface area contributed by atoms with Crippen LogP contribution in [0.5, 0.6) is 34.5 Å². The van der Waals surface area contributed by atoms with E-state index in [0.717, 1.165) is 6.07 Å². The number of rotatable bonds is 6. The highest BCUT2D eigenvalue weighted by atomic mass is 16.5. The summed E-state index contributed by atoms with van der Waals surface area (Å²) < 4.78 is 15.3. The standard InChI is InChI=1S/C17H18O7/c1-22-13-5-4-9(7-14(13)23-2)6-10(18)15-11(19)8-12(20)16(21)17(15)24-3/h4-5,7-8,19-21H,6H2,1-3H3. The Balaban J connectivity index is 2.39. The lowest BCUT2D eigenvalue weighted by Gasteiger charge is -2.13. The molecule has 2 aromatic rings. The molecule has 2 rings (SSSR count). The third-order valence-corrected chi connectivity index (χ3v) is 3.51. The van der Waals surface area contributed by atoms with Crippen molar-refractivity contribution in [2.75, 3.05) is 21.3 Å². The number of carbonyl (C=O) groups is 1. The lowest BCUT2D eigenvalue weighted by Crippen LogP contribution is -2.07. The summed E-state index contributed by atoms with van der Waals surface area (Å²) in [5.41, 5.74) is 0.411. The number of ether oxygens (including phenoxy) is 3. The second kappa shape index (κ2) is 6.99. The van der Waals surface area contributed by atoms with Gasteiger partial charge in [0.05, 0.1) is 21.3 Å². The van der Waals surface area contributed by atoms with E-state index in [9.17, 15) is 20.1 Å². The molecule has 0 bridgehead atoms. The molecule has 0 aromatic heterocycles. The van der Waals surface area contributed by atoms with Crippen LogP contribution in [0.25, 0.3) is 0 Å². The SMILES string of the molecule is COc1ccc(CC(=O)c2c(O)cc(O)c(O)c2OC)cc1OC. The molecule has 0 spiro atoms. The monoisotopic (exact) mass is 334 g/mol. The number of ketones is 1. The maximum Gasteiger partial charge on any atom is 0.201 e. The largest absolute Gasteiger partial charge is 0.507 e. The molecule has 0 radical (unpaired) electrons. The number of aromatic hydroxyl groups is 3. The van der Waals surface area contributed by atoms with Gasteiger partial charge in [0.25, 0.3) is 0 Å². The van der Waals surface area contributed by atoms with E-state index in [2.05, 4.69) is 0 Å². The normalized spacial score (nSPS) is 10.3. The second-order valence-corrected chi connectivity index (χ2v) is 4.96. The molecule has 0 fully saturated rings. The molecule has 0 unspecified atom stereocenters. The third kappa shape index (κ3) is 3.15. The first kappa shape index (κ1) is 17.3. The van der Waals surface area contributed by atoms with Gasteiger partial charge in [-0.25, -0.2) is 0 Å². The van der Waals surface area contributed by atoms with E-state index in [1.165, 1.54) is 21.3 Å². The number of carbonyl (C=O) groups excluding carboxylic acids is 1. The lowest BCUT2D eigenvalue weighted by molar-refractivity contribution is 0.0986. The Hall–Kier alpha value is -3.09. The second-order valence-electron chi connectivity index (χ2n) is 4.96. The van der Waals surface area contributed by atoms with Gasteiger partial charge in [-0.3, -0.25) is 4.79 Å². The number of Topliss-reactive ketones (excluding diaryl/α,β-unsaturated/α-hetero) is 1. The van der Waals surface area contributed by atoms with Gasteiger partial charge in [-0.1, -0.05) is 6.07 Å². The molecule has 3 N–H and O–H groups in total. The van der Waals surface area contributed by atoms with Crippen LogP contribution in [0.15, 0.2) is 24.3 Å². The van der Waals surface area contributed by atoms with Gasteiger partial charge in [0.2, 0.25) is 5.75 Å². The van der Waals surface area contributed by atoms with Gasteiger partial charge < -0.3 is 29.5 Å². The predicted molar refractivity (Wildman–Crippen MR) is 85.6 cm³/mol. The van der Waals surface area contributed by atoms with Crippen LogP contribution in [0.3, 0.4) is 0 Å². The summed E-state index contributed by atoms with van der Waals surface area (Å²) in [7, 11) is 4.21. The Morgan fingerprint density at radius 3 is 2.17 bits per heavy atom. The van der Waals surface area contributed by atoms with Crippen molar-refractivity contribution in [3.05, 3.63) is 35.4 Å². The fraction of sp³-hybridized carbons (Fsp3) is 0.235. The Labute approximate surface area is 138 Å². The fourth-order valence-electron chi connectivity index (χ4n) is 2.35. The van der Waals surface area contributed by atoms with Crippen LogP contribution in [-0.4, -0.2) is 42.4 Å². The van der Waals surface area contributed by atoms with E-state index in [1.807, 2.05) is 0 Å². The van der Waals surface area contributed by atoms with Crippen LogP contribution in [-0.2, 0) is 6.42 Å². The van der Waals surface area contributed by atoms with Crippen molar-refractivity contribution in [1.82, 2.24) is 0 Å². The van der Waals surface area contributed by atoms with E-state index in [-0.39, 0.29) is 17.7 Å². The first-order valence-electron chi connectivity index (χ1n) is 6.98. The molecular formula is C17H18O7. The van der Waals surface area contributed by atoms with Crippen LogP contribution in [0.2, 0.25) is 0 Å². The smallest absolute Gasteiger partial charge is 0.201 e. The lowest BCUT2D eigenvalue weighted by atomic mass is 10.00. The first-order chi connectivity index (χ1) is 11.4. The van der Waals surface area contributed by atoms with E-state index in [0.29, 0.717) is 17.1 Å². The molecule has 7 heteroatoms. The summed E-state index contributed by atoms with van der Waals surface area (Å²) in [4.78, 5) is 12.5. The van der Waals surface area contributed by atoms with Crippen LogP contribution < -0.4 is 14.2 Å². The van der Waals surface area contributed by atoms with Crippen LogP contribution in [0.4, 0.5) is 0 Å². The Bertz CT molecular complexity index is 768. The van der Waals surface area contributed by atoms with E-state index < -0.39 is 23.0 Å². The van der Waals surface area contributed by atoms with Gasteiger partial charge >= 0.3 is 0 Å². The molecule has 24 heavy (non-hydrogen) atoms. The Morgan fingerprint density at radius 1 is 0.917 bits per heavy atom. The fourth-order valence-corrected chi connectivity index (χ4v) is 2.35. The zero-order chi connectivity index (χ0) is 17.9. The van der Waals surface area contributed by atoms with Crippen LogP contribution in [0, 0.1) is 0 Å². The number of phenols is 3. The Morgan fingerprint density at radius 2 is 1.58 bits per heavy atom. The molecular weight excluding hydrogens is 316 g/mol. The van der Waals surface area contributed by atoms with E-state index in [1.54, 1.807) is 18.2 Å². The summed E-state index contributed by atoms with van der Waals surface area (Å²) >= 11 is 0. The van der Waals surface area contributed by atoms with Gasteiger partial charge in [-0.15, -0.1) is 0 Å². The maximum atomic E-state index is 12.5. The highest BCUT2D eigenvalue weighted by Gasteiger charge is 2.24. The zero-order valence-corrected chi connectivity index (χ0v) is 13.5. The van der Waals surface area contributed by atoms with Crippen molar-refractivity contribution in [1.29, 1.82) is 0 Å². The summed E-state index contributed by atoms with van der Waals surface area (Å²) in [6.45, 7) is 0.